The van der Waals surface area contributed by atoms with Crippen molar-refractivity contribution in [1.82, 2.24) is 5.32 Å². The monoisotopic (exact) mass is 680 g/mol. The van der Waals surface area contributed by atoms with E-state index in [-0.39, 0.29) is 5.41 Å². The summed E-state index contributed by atoms with van der Waals surface area (Å²) in [4.78, 5) is 25.7. The Hall–Kier alpha value is -1.12. The lowest BCUT2D eigenvalue weighted by atomic mass is 9.44. The predicted molar refractivity (Wildman–Crippen MR) is 209 cm³/mol. The average molecular weight is 680 g/mol. The molecule has 0 aromatic heterocycles. The zero-order chi connectivity index (χ0) is 35.5. The highest BCUT2D eigenvalue weighted by atomic mass is 16.1. The zero-order valence-electron chi connectivity index (χ0n) is 33.7. The van der Waals surface area contributed by atoms with E-state index in [4.69, 9.17) is 0 Å². The van der Waals surface area contributed by atoms with E-state index in [2.05, 4.69) is 65.9 Å². The minimum Gasteiger partial charge on any atom is -0.353 e. The topological polar surface area (TPSA) is 46.2 Å². The van der Waals surface area contributed by atoms with E-state index >= 15 is 0 Å². The standard InChI is InChI=1S/C46H81NO2/c1-8-9-10-11-12-13-14-15-16-17-18-19-20-21-22-23-43(49)47-37-30-32-45(6)36(34-37)25-26-38-40-28-27-39(46(40,7)33-31-41(38)45)35(2)24-29-42(48)44(3,4)5/h15-16,35-41H,8-14,17-34H2,1-7H3,(H,47,49)/b16-15-/t35-,36?,37?,38?,39?,40?,41?,45?,46?/m1/s1. The van der Waals surface area contributed by atoms with Crippen LogP contribution in [0.2, 0.25) is 0 Å². The van der Waals surface area contributed by atoms with Crippen molar-refractivity contribution in [2.75, 3.05) is 0 Å². The van der Waals surface area contributed by atoms with Crippen molar-refractivity contribution in [3.8, 4) is 0 Å². The van der Waals surface area contributed by atoms with Crippen LogP contribution in [-0.4, -0.2) is 17.7 Å². The summed E-state index contributed by atoms with van der Waals surface area (Å²) in [5, 5.41) is 3.51. The first kappa shape index (κ1) is 40.6. The molecule has 3 heteroatoms. The molecule has 1 amide bonds. The molecule has 0 aromatic rings. The third-order valence-electron chi connectivity index (χ3n) is 15.1. The molecule has 4 rings (SSSR count). The van der Waals surface area contributed by atoms with Gasteiger partial charge in [-0.3, -0.25) is 9.59 Å². The molecule has 4 saturated carbocycles. The third-order valence-corrected chi connectivity index (χ3v) is 15.1. The van der Waals surface area contributed by atoms with Crippen molar-refractivity contribution >= 4 is 11.7 Å². The Morgan fingerprint density at radius 1 is 0.735 bits per heavy atom. The lowest BCUT2D eigenvalue weighted by molar-refractivity contribution is -0.128. The number of allylic oxidation sites excluding steroid dienone is 2. The second kappa shape index (κ2) is 19.1. The normalized spacial score (nSPS) is 33.5. The number of carbonyl (C=O) groups excluding carboxylic acids is 2. The number of fused-ring (bicyclic) bond motifs is 5. The molecular weight excluding hydrogens is 599 g/mol. The van der Waals surface area contributed by atoms with Gasteiger partial charge in [-0.2, -0.15) is 0 Å². The van der Waals surface area contributed by atoms with E-state index in [9.17, 15) is 9.59 Å². The minimum atomic E-state index is -0.209. The van der Waals surface area contributed by atoms with E-state index in [0.717, 1.165) is 48.9 Å². The van der Waals surface area contributed by atoms with Crippen LogP contribution in [0.25, 0.3) is 0 Å². The fourth-order valence-corrected chi connectivity index (χ4v) is 12.0. The van der Waals surface area contributed by atoms with Gasteiger partial charge in [-0.05, 0) is 143 Å². The first-order valence-corrected chi connectivity index (χ1v) is 21.9. The van der Waals surface area contributed by atoms with E-state index < -0.39 is 0 Å². The van der Waals surface area contributed by atoms with Crippen molar-refractivity contribution in [3.05, 3.63) is 12.2 Å². The first-order valence-electron chi connectivity index (χ1n) is 21.9. The summed E-state index contributed by atoms with van der Waals surface area (Å²) in [5.41, 5.74) is 0.709. The molecule has 4 aliphatic rings. The van der Waals surface area contributed by atoms with Crippen molar-refractivity contribution in [2.24, 2.45) is 51.8 Å². The van der Waals surface area contributed by atoms with Crippen LogP contribution in [0.15, 0.2) is 12.2 Å². The summed E-state index contributed by atoms with van der Waals surface area (Å²) >= 11 is 0. The molecule has 1 N–H and O–H groups in total. The lowest BCUT2D eigenvalue weighted by Crippen LogP contribution is -2.55. The first-order chi connectivity index (χ1) is 23.4. The fourth-order valence-electron chi connectivity index (χ4n) is 12.0. The number of hydrogen-bond acceptors (Lipinski definition) is 2. The molecule has 8 unspecified atom stereocenters. The second-order valence-corrected chi connectivity index (χ2v) is 19.4. The van der Waals surface area contributed by atoms with Crippen molar-refractivity contribution in [3.63, 3.8) is 0 Å². The van der Waals surface area contributed by atoms with E-state index in [0.29, 0.717) is 40.9 Å². The van der Waals surface area contributed by atoms with Crippen molar-refractivity contribution in [2.45, 2.75) is 215 Å². The van der Waals surface area contributed by atoms with Gasteiger partial charge in [-0.25, -0.2) is 0 Å². The average Bonchev–Trinajstić information content (AvgIpc) is 3.42. The van der Waals surface area contributed by atoms with Crippen LogP contribution < -0.4 is 5.32 Å². The van der Waals surface area contributed by atoms with Crippen LogP contribution in [0.5, 0.6) is 0 Å². The van der Waals surface area contributed by atoms with E-state index in [1.54, 1.807) is 0 Å². The number of nitrogens with one attached hydrogen (secondary N) is 1. The highest BCUT2D eigenvalue weighted by molar-refractivity contribution is 5.83. The molecular formula is C46H81NO2. The summed E-state index contributed by atoms with van der Waals surface area (Å²) in [5.74, 6) is 5.58. The van der Waals surface area contributed by atoms with Crippen molar-refractivity contribution < 1.29 is 9.59 Å². The summed E-state index contributed by atoms with van der Waals surface area (Å²) in [6.07, 6.45) is 36.3. The van der Waals surface area contributed by atoms with Crippen LogP contribution in [0, 0.1) is 51.8 Å². The number of carbonyl (C=O) groups is 2. The van der Waals surface area contributed by atoms with Crippen LogP contribution in [0.3, 0.4) is 0 Å². The van der Waals surface area contributed by atoms with Gasteiger partial charge in [0, 0.05) is 24.3 Å². The van der Waals surface area contributed by atoms with Crippen LogP contribution >= 0.6 is 0 Å². The number of unbranched alkanes of at least 4 members (excludes halogenated alkanes) is 11. The maximum absolute atomic E-state index is 13.0. The minimum absolute atomic E-state index is 0.209. The molecule has 0 saturated heterocycles. The van der Waals surface area contributed by atoms with Crippen LogP contribution in [0.1, 0.15) is 209 Å². The molecule has 4 fully saturated rings. The second-order valence-electron chi connectivity index (χ2n) is 19.4. The van der Waals surface area contributed by atoms with Gasteiger partial charge < -0.3 is 5.32 Å². The number of ketones is 1. The quantitative estimate of drug-likeness (QED) is 0.103. The van der Waals surface area contributed by atoms with Gasteiger partial charge in [0.05, 0.1) is 0 Å². The van der Waals surface area contributed by atoms with Crippen LogP contribution in [0.4, 0.5) is 0 Å². The molecule has 0 spiro atoms. The summed E-state index contributed by atoms with van der Waals surface area (Å²) in [6, 6.07) is 0.395. The van der Waals surface area contributed by atoms with Gasteiger partial charge in [-0.1, -0.05) is 112 Å². The fraction of sp³-hybridized carbons (Fsp3) is 0.913. The Kier molecular flexibility index (Phi) is 15.8. The molecule has 0 bridgehead atoms. The lowest BCUT2D eigenvalue weighted by Gasteiger charge is -2.61. The van der Waals surface area contributed by atoms with Gasteiger partial charge in [0.1, 0.15) is 5.78 Å². The maximum Gasteiger partial charge on any atom is 0.220 e. The Morgan fingerprint density at radius 2 is 1.35 bits per heavy atom. The van der Waals surface area contributed by atoms with Gasteiger partial charge in [0.2, 0.25) is 5.91 Å². The number of amides is 1. The zero-order valence-corrected chi connectivity index (χ0v) is 33.7. The molecule has 0 aliphatic heterocycles. The highest BCUT2D eigenvalue weighted by Crippen LogP contribution is 2.68. The number of rotatable bonds is 20. The Balaban J connectivity index is 1.11. The maximum atomic E-state index is 13.0. The molecule has 282 valence electrons. The molecule has 49 heavy (non-hydrogen) atoms. The molecule has 0 aromatic carbocycles. The number of hydrogen-bond donors (Lipinski definition) is 1. The molecule has 4 aliphatic carbocycles. The SMILES string of the molecule is CCCCCCCC/C=C\CCCCCCCC(=O)NC1CCC2(C)C(CCC3C2CCC2(C)C3CCC2[C@H](C)CCC(=O)C(C)(C)C)C1. The van der Waals surface area contributed by atoms with Gasteiger partial charge in [-0.15, -0.1) is 0 Å². The molecule has 0 heterocycles. The Bertz CT molecular complexity index is 1040. The molecule has 3 nitrogen and oxygen atoms in total. The van der Waals surface area contributed by atoms with Gasteiger partial charge in [0.25, 0.3) is 0 Å². The smallest absolute Gasteiger partial charge is 0.220 e. The highest BCUT2D eigenvalue weighted by Gasteiger charge is 2.60. The van der Waals surface area contributed by atoms with E-state index in [1.807, 2.05) is 0 Å². The summed E-state index contributed by atoms with van der Waals surface area (Å²) in [6.45, 7) is 16.3. The largest absolute Gasteiger partial charge is 0.353 e. The molecule has 9 atom stereocenters. The Labute approximate surface area is 304 Å². The van der Waals surface area contributed by atoms with E-state index in [1.165, 1.54) is 135 Å². The summed E-state index contributed by atoms with van der Waals surface area (Å²) in [7, 11) is 0. The van der Waals surface area contributed by atoms with Gasteiger partial charge in [0.15, 0.2) is 0 Å². The van der Waals surface area contributed by atoms with Crippen molar-refractivity contribution in [1.29, 1.82) is 0 Å². The predicted octanol–water partition coefficient (Wildman–Crippen LogP) is 13.2. The number of Topliss-reactive ketones (excluding diaryl/α,β-unsaturated/α-hetero) is 1. The summed E-state index contributed by atoms with van der Waals surface area (Å²) < 4.78 is 0. The van der Waals surface area contributed by atoms with Gasteiger partial charge >= 0.3 is 0 Å². The van der Waals surface area contributed by atoms with Crippen LogP contribution in [-0.2, 0) is 9.59 Å². The third kappa shape index (κ3) is 10.9. The Morgan fingerprint density at radius 3 is 2.02 bits per heavy atom. The molecule has 0 radical (unpaired) electrons.